The number of hydrogen-bond donors (Lipinski definition) is 4. The van der Waals surface area contributed by atoms with Crippen molar-refractivity contribution in [2.24, 2.45) is 0 Å². The van der Waals surface area contributed by atoms with Crippen LogP contribution in [-0.2, 0) is 0 Å². The number of aliphatic hydroxyl groups is 1. The zero-order chi connectivity index (χ0) is 22.1. The number of imidazole rings is 1. The van der Waals surface area contributed by atoms with E-state index in [2.05, 4.69) is 20.6 Å². The summed E-state index contributed by atoms with van der Waals surface area (Å²) in [5.74, 6) is -0.573. The lowest BCUT2D eigenvalue weighted by Gasteiger charge is -2.15. The minimum atomic E-state index is -4.75. The molecule has 0 saturated heterocycles. The Morgan fingerprint density at radius 1 is 1.27 bits per heavy atom. The molecule has 0 aliphatic heterocycles. The summed E-state index contributed by atoms with van der Waals surface area (Å²) >= 11 is 0. The first-order chi connectivity index (χ1) is 14.1. The molecule has 0 bridgehead atoms. The summed E-state index contributed by atoms with van der Waals surface area (Å²) in [6.07, 6.45) is -2.91. The van der Waals surface area contributed by atoms with E-state index >= 15 is 0 Å². The van der Waals surface area contributed by atoms with Gasteiger partial charge < -0.3 is 20.8 Å². The highest BCUT2D eigenvalue weighted by atomic mass is 19.4. The second-order valence-electron chi connectivity index (χ2n) is 6.91. The fraction of sp³-hybridized carbons (Fsp3) is 0.316. The van der Waals surface area contributed by atoms with Gasteiger partial charge in [-0.15, -0.1) is 0 Å². The summed E-state index contributed by atoms with van der Waals surface area (Å²) in [6, 6.07) is 4.41. The molecule has 4 N–H and O–H groups in total. The average Bonchev–Trinajstić information content (AvgIpc) is 3.09. The molecule has 8 nitrogen and oxygen atoms in total. The molecule has 0 saturated carbocycles. The molecule has 160 valence electrons. The van der Waals surface area contributed by atoms with Crippen LogP contribution in [0.25, 0.3) is 16.9 Å². The smallest absolute Gasteiger partial charge is 0.416 e. The molecule has 0 fully saturated rings. The van der Waals surface area contributed by atoms with Gasteiger partial charge in [-0.25, -0.2) is 9.97 Å². The summed E-state index contributed by atoms with van der Waals surface area (Å²) in [4.78, 5) is 20.3. The summed E-state index contributed by atoms with van der Waals surface area (Å²) in [7, 11) is 0. The van der Waals surface area contributed by atoms with E-state index in [9.17, 15) is 23.1 Å². The van der Waals surface area contributed by atoms with Crippen molar-refractivity contribution >= 4 is 17.4 Å². The molecule has 30 heavy (non-hydrogen) atoms. The van der Waals surface area contributed by atoms with Crippen molar-refractivity contribution in [1.29, 1.82) is 0 Å². The average molecular weight is 423 g/mol. The number of phenols is 1. The number of alkyl halides is 3. The van der Waals surface area contributed by atoms with E-state index < -0.39 is 24.7 Å². The number of hydrogen-bond acceptors (Lipinski definition) is 6. The van der Waals surface area contributed by atoms with Gasteiger partial charge in [-0.1, -0.05) is 6.07 Å². The molecule has 3 aromatic rings. The van der Waals surface area contributed by atoms with Crippen LogP contribution in [0.5, 0.6) is 5.75 Å². The number of benzene rings is 1. The van der Waals surface area contributed by atoms with Crippen molar-refractivity contribution in [2.75, 3.05) is 11.9 Å². The number of carbonyl (C=O) groups is 1. The summed E-state index contributed by atoms with van der Waals surface area (Å²) in [6.45, 7) is 2.82. The topological polar surface area (TPSA) is 112 Å². The van der Waals surface area contributed by atoms with Crippen LogP contribution in [0.4, 0.5) is 19.0 Å². The molecule has 1 aromatic carbocycles. The van der Waals surface area contributed by atoms with Crippen molar-refractivity contribution < 1.29 is 28.2 Å². The van der Waals surface area contributed by atoms with Crippen molar-refractivity contribution in [2.45, 2.75) is 32.2 Å². The number of aliphatic hydroxyl groups excluding tert-OH is 1. The van der Waals surface area contributed by atoms with E-state index in [1.807, 2.05) is 0 Å². The molecule has 1 unspecified atom stereocenters. The Morgan fingerprint density at radius 3 is 2.63 bits per heavy atom. The maximum absolute atomic E-state index is 12.5. The maximum atomic E-state index is 12.5. The van der Waals surface area contributed by atoms with Gasteiger partial charge in [-0.2, -0.15) is 13.2 Å². The highest BCUT2D eigenvalue weighted by molar-refractivity contribution is 5.97. The van der Waals surface area contributed by atoms with Gasteiger partial charge in [0.1, 0.15) is 5.75 Å². The number of halogens is 3. The van der Waals surface area contributed by atoms with E-state index in [4.69, 9.17) is 5.11 Å². The van der Waals surface area contributed by atoms with Gasteiger partial charge in [0.25, 0.3) is 5.91 Å². The number of anilines is 1. The number of nitrogens with one attached hydrogen (secondary N) is 2. The first-order valence-corrected chi connectivity index (χ1v) is 9.03. The molecule has 0 aliphatic carbocycles. The number of aromatic hydroxyl groups is 1. The number of fused-ring (bicyclic) bond motifs is 1. The summed E-state index contributed by atoms with van der Waals surface area (Å²) in [5, 5.41) is 24.6. The van der Waals surface area contributed by atoms with Crippen LogP contribution in [0.1, 0.15) is 24.2 Å². The van der Waals surface area contributed by atoms with Gasteiger partial charge >= 0.3 is 6.18 Å². The van der Waals surface area contributed by atoms with Gasteiger partial charge in [0.15, 0.2) is 17.6 Å². The Hall–Kier alpha value is -3.34. The van der Waals surface area contributed by atoms with Crippen molar-refractivity contribution in [3.63, 3.8) is 0 Å². The molecule has 1 atom stereocenters. The zero-order valence-corrected chi connectivity index (χ0v) is 16.1. The van der Waals surface area contributed by atoms with E-state index in [1.54, 1.807) is 30.5 Å². The summed E-state index contributed by atoms with van der Waals surface area (Å²) in [5.41, 5.74) is 1.42. The van der Waals surface area contributed by atoms with Crippen molar-refractivity contribution in [3.05, 3.63) is 42.4 Å². The molecular formula is C19H20F3N5O3. The number of amides is 1. The number of aromatic nitrogens is 3. The van der Waals surface area contributed by atoms with E-state index in [1.165, 1.54) is 24.5 Å². The number of rotatable bonds is 6. The van der Waals surface area contributed by atoms with Crippen molar-refractivity contribution in [3.8, 4) is 17.0 Å². The largest absolute Gasteiger partial charge is 0.507 e. The molecule has 11 heteroatoms. The third kappa shape index (κ3) is 4.46. The minimum absolute atomic E-state index is 0.0594. The van der Waals surface area contributed by atoms with Crippen LogP contribution in [0, 0.1) is 0 Å². The van der Waals surface area contributed by atoms with Crippen LogP contribution >= 0.6 is 0 Å². The Kier molecular flexibility index (Phi) is 5.83. The molecule has 0 radical (unpaired) electrons. The Balaban J connectivity index is 1.89. The third-order valence-electron chi connectivity index (χ3n) is 4.23. The molecule has 0 aliphatic rings. The van der Waals surface area contributed by atoms with Crippen LogP contribution < -0.4 is 10.6 Å². The van der Waals surface area contributed by atoms with E-state index in [-0.39, 0.29) is 28.8 Å². The first-order valence-electron chi connectivity index (χ1n) is 9.03. The second kappa shape index (κ2) is 8.19. The lowest BCUT2D eigenvalue weighted by atomic mass is 10.1. The highest BCUT2D eigenvalue weighted by Crippen LogP contribution is 2.29. The Labute approximate surface area is 169 Å². The molecule has 3 rings (SSSR count). The van der Waals surface area contributed by atoms with Gasteiger partial charge in [0.05, 0.1) is 24.0 Å². The number of nitrogens with zero attached hydrogens (tertiary/aromatic N) is 3. The Bertz CT molecular complexity index is 1070. The van der Waals surface area contributed by atoms with Gasteiger partial charge in [0, 0.05) is 24.0 Å². The first kappa shape index (κ1) is 21.4. The normalized spacial score (nSPS) is 12.9. The second-order valence-corrected chi connectivity index (χ2v) is 6.91. The van der Waals surface area contributed by atoms with Crippen LogP contribution in [0.2, 0.25) is 0 Å². The monoisotopic (exact) mass is 423 g/mol. The van der Waals surface area contributed by atoms with E-state index in [0.717, 1.165) is 0 Å². The predicted octanol–water partition coefficient (Wildman–Crippen LogP) is 2.58. The molecule has 2 heterocycles. The molecular weight excluding hydrogens is 403 g/mol. The van der Waals surface area contributed by atoms with Crippen LogP contribution in [-0.4, -0.2) is 55.4 Å². The maximum Gasteiger partial charge on any atom is 0.416 e. The van der Waals surface area contributed by atoms with E-state index in [0.29, 0.717) is 11.3 Å². The molecule has 0 spiro atoms. The number of phenolic OH excluding ortho intramolecular Hbond substituents is 1. The number of carbonyl (C=O) groups excluding carboxylic acids is 1. The Morgan fingerprint density at radius 2 is 2.00 bits per heavy atom. The fourth-order valence-corrected chi connectivity index (χ4v) is 2.79. The fourth-order valence-electron chi connectivity index (χ4n) is 2.79. The standard InChI is InChI=1S/C19H20F3N5O3/c1-10(2)26-18(30)12-4-3-11(7-14(12)28)13-8-25-17-16(23-5-6-27(13)17)24-9-15(29)19(20,21)22/h3-8,10,15,28-29H,9H2,1-2H3,(H,23,24)(H,26,30). The third-order valence-corrected chi connectivity index (χ3v) is 4.23. The highest BCUT2D eigenvalue weighted by Gasteiger charge is 2.38. The van der Waals surface area contributed by atoms with Crippen molar-refractivity contribution in [1.82, 2.24) is 19.7 Å². The summed E-state index contributed by atoms with van der Waals surface area (Å²) < 4.78 is 39.1. The predicted molar refractivity (Wildman–Crippen MR) is 103 cm³/mol. The molecule has 1 amide bonds. The van der Waals surface area contributed by atoms with Crippen LogP contribution in [0.15, 0.2) is 36.8 Å². The van der Waals surface area contributed by atoms with Crippen LogP contribution in [0.3, 0.4) is 0 Å². The van der Waals surface area contributed by atoms with Gasteiger partial charge in [-0.3, -0.25) is 9.20 Å². The minimum Gasteiger partial charge on any atom is -0.507 e. The quantitative estimate of drug-likeness (QED) is 0.485. The molecule has 2 aromatic heterocycles. The lowest BCUT2D eigenvalue weighted by molar-refractivity contribution is -0.198. The van der Waals surface area contributed by atoms with Gasteiger partial charge in [0.2, 0.25) is 0 Å². The lowest BCUT2D eigenvalue weighted by Crippen LogP contribution is -2.35. The zero-order valence-electron chi connectivity index (χ0n) is 16.1. The van der Waals surface area contributed by atoms with Gasteiger partial charge in [-0.05, 0) is 26.0 Å². The SMILES string of the molecule is CC(C)NC(=O)c1ccc(-c2cnc3c(NCC(O)C(F)(F)F)nccn23)cc1O.